The molecule has 0 amide bonds. The second-order valence-electron chi connectivity index (χ2n) is 2.75. The van der Waals surface area contributed by atoms with Crippen LogP contribution in [0.15, 0.2) is 6.07 Å². The summed E-state index contributed by atoms with van der Waals surface area (Å²) in [5, 5.41) is -0.361. The number of halogens is 4. The number of hydrogen-bond acceptors (Lipinski definition) is 4. The van der Waals surface area contributed by atoms with Crippen LogP contribution in [0.2, 0.25) is 5.02 Å². The number of carbonyl (C=O) groups excluding carboxylic acids is 1. The van der Waals surface area contributed by atoms with Gasteiger partial charge in [0, 0.05) is 0 Å². The number of carbonyl (C=O) groups is 1. The van der Waals surface area contributed by atoms with Crippen molar-refractivity contribution in [2.75, 3.05) is 12.8 Å². The average Bonchev–Trinajstić information content (AvgIpc) is 2.19. The summed E-state index contributed by atoms with van der Waals surface area (Å²) in [5.74, 6) is -1.08. The second-order valence-corrected chi connectivity index (χ2v) is 3.13. The molecule has 0 aliphatic carbocycles. The van der Waals surface area contributed by atoms with E-state index in [0.29, 0.717) is 6.07 Å². The number of hydrogen-bond donors (Lipinski definition) is 1. The molecule has 0 atom stereocenters. The zero-order chi connectivity index (χ0) is 12.5. The van der Waals surface area contributed by atoms with Crippen molar-refractivity contribution in [3.8, 4) is 0 Å². The number of pyridine rings is 1. The summed E-state index contributed by atoms with van der Waals surface area (Å²) in [5.41, 5.74) is 2.89. The number of methoxy groups -OCH3 is 1. The lowest BCUT2D eigenvalue weighted by Crippen LogP contribution is -2.14. The molecular formula is C8H6ClF3N2O2. The Bertz CT molecular complexity index is 434. The highest BCUT2D eigenvalue weighted by Gasteiger charge is 2.34. The van der Waals surface area contributed by atoms with Gasteiger partial charge in [0.25, 0.3) is 0 Å². The van der Waals surface area contributed by atoms with Crippen molar-refractivity contribution in [3.05, 3.63) is 22.5 Å². The number of aromatic nitrogens is 1. The van der Waals surface area contributed by atoms with Crippen LogP contribution in [-0.4, -0.2) is 18.1 Å². The number of anilines is 1. The van der Waals surface area contributed by atoms with Gasteiger partial charge in [-0.1, -0.05) is 11.6 Å². The molecule has 0 bridgehead atoms. The zero-order valence-corrected chi connectivity index (χ0v) is 8.69. The van der Waals surface area contributed by atoms with E-state index in [9.17, 15) is 18.0 Å². The summed E-state index contributed by atoms with van der Waals surface area (Å²) in [7, 11) is 0.997. The number of alkyl halides is 3. The quantitative estimate of drug-likeness (QED) is 0.780. The monoisotopic (exact) mass is 254 g/mol. The summed E-state index contributed by atoms with van der Waals surface area (Å²) in [6.45, 7) is 0. The highest BCUT2D eigenvalue weighted by Crippen LogP contribution is 2.32. The summed E-state index contributed by atoms with van der Waals surface area (Å²) in [6, 6.07) is 0.550. The van der Waals surface area contributed by atoms with E-state index in [1.807, 2.05) is 0 Å². The van der Waals surface area contributed by atoms with Gasteiger partial charge in [0.1, 0.15) is 5.69 Å². The van der Waals surface area contributed by atoms with E-state index in [1.165, 1.54) is 0 Å². The molecule has 0 saturated carbocycles. The molecule has 0 saturated heterocycles. The molecule has 0 radical (unpaired) electrons. The van der Waals surface area contributed by atoms with Crippen LogP contribution >= 0.6 is 11.6 Å². The van der Waals surface area contributed by atoms with Gasteiger partial charge in [-0.25, -0.2) is 9.78 Å². The van der Waals surface area contributed by atoms with E-state index in [-0.39, 0.29) is 10.7 Å². The molecule has 1 aromatic heterocycles. The van der Waals surface area contributed by atoms with Crippen molar-refractivity contribution in [1.29, 1.82) is 0 Å². The van der Waals surface area contributed by atoms with Crippen LogP contribution in [0.4, 0.5) is 18.9 Å². The molecule has 0 unspecified atom stereocenters. The van der Waals surface area contributed by atoms with E-state index < -0.39 is 23.5 Å². The largest absolute Gasteiger partial charge is 0.464 e. The van der Waals surface area contributed by atoms with E-state index in [4.69, 9.17) is 17.3 Å². The van der Waals surface area contributed by atoms with Crippen LogP contribution in [0, 0.1) is 0 Å². The minimum atomic E-state index is -4.71. The Kier molecular flexibility index (Phi) is 3.27. The molecule has 16 heavy (non-hydrogen) atoms. The molecule has 1 aromatic rings. The molecule has 4 nitrogen and oxygen atoms in total. The second kappa shape index (κ2) is 4.17. The van der Waals surface area contributed by atoms with Gasteiger partial charge in [0.05, 0.1) is 17.8 Å². The average molecular weight is 255 g/mol. The minimum absolute atomic E-state index is 0.361. The van der Waals surface area contributed by atoms with Gasteiger partial charge in [-0.15, -0.1) is 0 Å². The van der Waals surface area contributed by atoms with Crippen molar-refractivity contribution >= 4 is 23.3 Å². The summed E-state index contributed by atoms with van der Waals surface area (Å²) < 4.78 is 41.2. The van der Waals surface area contributed by atoms with Crippen LogP contribution in [0.3, 0.4) is 0 Å². The van der Waals surface area contributed by atoms with Gasteiger partial charge in [0.2, 0.25) is 0 Å². The third-order valence-corrected chi connectivity index (χ3v) is 2.05. The van der Waals surface area contributed by atoms with Crippen molar-refractivity contribution in [2.24, 2.45) is 0 Å². The first-order valence-electron chi connectivity index (χ1n) is 3.89. The molecule has 1 heterocycles. The molecule has 88 valence electrons. The number of esters is 1. The van der Waals surface area contributed by atoms with E-state index in [2.05, 4.69) is 9.72 Å². The molecule has 0 spiro atoms. The Labute approximate surface area is 93.2 Å². The van der Waals surface area contributed by atoms with Crippen LogP contribution in [0.25, 0.3) is 0 Å². The Morgan fingerprint density at radius 2 is 2.12 bits per heavy atom. The Balaban J connectivity index is 3.39. The lowest BCUT2D eigenvalue weighted by molar-refractivity contribution is -0.141. The molecule has 0 aromatic carbocycles. The van der Waals surface area contributed by atoms with Crippen molar-refractivity contribution in [2.45, 2.75) is 6.18 Å². The first-order chi connectivity index (χ1) is 7.27. The molecule has 8 heteroatoms. The molecule has 0 aliphatic rings. The fraction of sp³-hybridized carbons (Fsp3) is 0.250. The summed E-state index contributed by atoms with van der Waals surface area (Å²) in [4.78, 5) is 14.1. The third kappa shape index (κ3) is 2.35. The zero-order valence-electron chi connectivity index (χ0n) is 7.93. The van der Waals surface area contributed by atoms with Gasteiger partial charge in [-0.2, -0.15) is 13.2 Å². The van der Waals surface area contributed by atoms with E-state index >= 15 is 0 Å². The van der Waals surface area contributed by atoms with Crippen LogP contribution < -0.4 is 5.73 Å². The standard InChI is InChI=1S/C8H6ClF3N2O2/c1-16-7(15)6-5(9)3(13)2-4(14-6)8(10,11)12/h2H,1H3,(H2,13,14). The number of rotatable bonds is 1. The Morgan fingerprint density at radius 1 is 1.56 bits per heavy atom. The topological polar surface area (TPSA) is 65.2 Å². The Hall–Kier alpha value is -1.50. The molecule has 0 fully saturated rings. The first-order valence-corrected chi connectivity index (χ1v) is 4.26. The smallest absolute Gasteiger partial charge is 0.433 e. The maximum absolute atomic E-state index is 12.3. The van der Waals surface area contributed by atoms with Gasteiger partial charge in [-0.05, 0) is 6.07 Å². The van der Waals surface area contributed by atoms with Gasteiger partial charge in [0.15, 0.2) is 5.69 Å². The lowest BCUT2D eigenvalue weighted by atomic mass is 10.2. The van der Waals surface area contributed by atoms with Crippen molar-refractivity contribution in [3.63, 3.8) is 0 Å². The van der Waals surface area contributed by atoms with Crippen LogP contribution in [-0.2, 0) is 10.9 Å². The molecule has 0 aliphatic heterocycles. The van der Waals surface area contributed by atoms with Gasteiger partial charge >= 0.3 is 12.1 Å². The fourth-order valence-electron chi connectivity index (χ4n) is 0.926. The number of nitrogens with zero attached hydrogens (tertiary/aromatic N) is 1. The maximum atomic E-state index is 12.3. The van der Waals surface area contributed by atoms with E-state index in [1.54, 1.807) is 0 Å². The lowest BCUT2D eigenvalue weighted by Gasteiger charge is -2.10. The highest BCUT2D eigenvalue weighted by molar-refractivity contribution is 6.35. The SMILES string of the molecule is COC(=O)c1nc(C(F)(F)F)cc(N)c1Cl. The predicted octanol–water partition coefficient (Wildman–Crippen LogP) is 2.12. The minimum Gasteiger partial charge on any atom is -0.464 e. The first kappa shape index (κ1) is 12.6. The molecule has 2 N–H and O–H groups in total. The number of ether oxygens (including phenoxy) is 1. The number of nitrogen functional groups attached to an aromatic ring is 1. The number of nitrogens with two attached hydrogens (primary N) is 1. The van der Waals surface area contributed by atoms with E-state index in [0.717, 1.165) is 7.11 Å². The molecular weight excluding hydrogens is 249 g/mol. The van der Waals surface area contributed by atoms with Gasteiger partial charge in [-0.3, -0.25) is 0 Å². The normalized spacial score (nSPS) is 11.3. The third-order valence-electron chi connectivity index (χ3n) is 1.66. The van der Waals surface area contributed by atoms with Crippen molar-refractivity contribution in [1.82, 2.24) is 4.98 Å². The Morgan fingerprint density at radius 3 is 2.56 bits per heavy atom. The highest BCUT2D eigenvalue weighted by atomic mass is 35.5. The van der Waals surface area contributed by atoms with Crippen molar-refractivity contribution < 1.29 is 22.7 Å². The van der Waals surface area contributed by atoms with Gasteiger partial charge < -0.3 is 10.5 Å². The molecule has 1 rings (SSSR count). The van der Waals surface area contributed by atoms with Crippen LogP contribution in [0.5, 0.6) is 0 Å². The fourth-order valence-corrected chi connectivity index (χ4v) is 1.10. The van der Waals surface area contributed by atoms with Crippen LogP contribution in [0.1, 0.15) is 16.2 Å². The maximum Gasteiger partial charge on any atom is 0.433 e. The summed E-state index contributed by atoms with van der Waals surface area (Å²) in [6.07, 6.45) is -4.71. The summed E-state index contributed by atoms with van der Waals surface area (Å²) >= 11 is 5.53. The predicted molar refractivity (Wildman–Crippen MR) is 50.0 cm³/mol.